The summed E-state index contributed by atoms with van der Waals surface area (Å²) < 4.78 is 5.92. The first-order valence-corrected chi connectivity index (χ1v) is 11.5. The number of hydrogen-bond acceptors (Lipinski definition) is 2. The van der Waals surface area contributed by atoms with Crippen molar-refractivity contribution in [3.05, 3.63) is 28.8 Å². The number of carboxylic acids is 1. The Labute approximate surface area is 172 Å². The van der Waals surface area contributed by atoms with Crippen LogP contribution in [0.2, 0.25) is 0 Å². The first kappa shape index (κ1) is 24.5. The number of carbonyl (C=O) groups is 1. The first-order chi connectivity index (χ1) is 13.6. The summed E-state index contributed by atoms with van der Waals surface area (Å²) in [5.74, 6) is -0.0376. The zero-order chi connectivity index (χ0) is 20.6. The number of aromatic carboxylic acids is 1. The molecule has 0 saturated carbocycles. The Morgan fingerprint density at radius 1 is 0.750 bits per heavy atom. The summed E-state index contributed by atoms with van der Waals surface area (Å²) in [5, 5.41) is 9.10. The summed E-state index contributed by atoms with van der Waals surface area (Å²) in [6.07, 6.45) is 18.9. The molecule has 3 heteroatoms. The van der Waals surface area contributed by atoms with Crippen molar-refractivity contribution in [1.29, 1.82) is 0 Å². The predicted octanol–water partition coefficient (Wildman–Crippen LogP) is 7.86. The molecular weight excluding hydrogens is 348 g/mol. The Morgan fingerprint density at radius 3 is 1.54 bits per heavy atom. The molecule has 0 amide bonds. The van der Waals surface area contributed by atoms with E-state index in [1.165, 1.54) is 83.5 Å². The highest BCUT2D eigenvalue weighted by atomic mass is 16.5. The lowest BCUT2D eigenvalue weighted by molar-refractivity contribution is 0.0696. The van der Waals surface area contributed by atoms with E-state index in [-0.39, 0.29) is 0 Å². The van der Waals surface area contributed by atoms with Gasteiger partial charge in [0.05, 0.1) is 12.2 Å². The van der Waals surface area contributed by atoms with Crippen LogP contribution in [0.3, 0.4) is 0 Å². The maximum atomic E-state index is 11.1. The van der Waals surface area contributed by atoms with E-state index in [0.29, 0.717) is 12.2 Å². The smallest absolute Gasteiger partial charge is 0.335 e. The highest BCUT2D eigenvalue weighted by molar-refractivity contribution is 5.88. The van der Waals surface area contributed by atoms with E-state index >= 15 is 0 Å². The largest absolute Gasteiger partial charge is 0.493 e. The lowest BCUT2D eigenvalue weighted by atomic mass is 10.0. The molecule has 0 spiro atoms. The molecular formula is C25H42O3. The number of unbranched alkanes of at least 4 members (excludes halogenated alkanes) is 13. The minimum absolute atomic E-state index is 0.332. The number of hydrogen-bond donors (Lipinski definition) is 1. The van der Waals surface area contributed by atoms with Crippen molar-refractivity contribution in [2.24, 2.45) is 0 Å². The molecule has 0 bridgehead atoms. The van der Waals surface area contributed by atoms with Crippen LogP contribution in [-0.2, 0) is 0 Å². The quantitative estimate of drug-likeness (QED) is 0.275. The van der Waals surface area contributed by atoms with E-state index in [4.69, 9.17) is 9.84 Å². The van der Waals surface area contributed by atoms with Crippen molar-refractivity contribution in [2.45, 2.75) is 111 Å². The number of benzene rings is 1. The Morgan fingerprint density at radius 2 is 1.14 bits per heavy atom. The minimum atomic E-state index is -0.885. The highest BCUT2D eigenvalue weighted by Crippen LogP contribution is 2.25. The molecule has 0 atom stereocenters. The molecule has 0 radical (unpaired) electrons. The van der Waals surface area contributed by atoms with E-state index in [9.17, 15) is 4.79 Å². The van der Waals surface area contributed by atoms with Gasteiger partial charge in [0.1, 0.15) is 5.75 Å². The Bertz CT molecular complexity index is 528. The minimum Gasteiger partial charge on any atom is -0.493 e. The van der Waals surface area contributed by atoms with Gasteiger partial charge in [0.15, 0.2) is 0 Å². The molecule has 1 aromatic rings. The normalized spacial score (nSPS) is 11.0. The van der Waals surface area contributed by atoms with Crippen molar-refractivity contribution in [3.63, 3.8) is 0 Å². The number of aryl methyl sites for hydroxylation is 2. The molecule has 0 aliphatic rings. The van der Waals surface area contributed by atoms with Gasteiger partial charge in [-0.2, -0.15) is 0 Å². The molecule has 0 unspecified atom stereocenters. The van der Waals surface area contributed by atoms with Gasteiger partial charge in [-0.3, -0.25) is 0 Å². The fourth-order valence-corrected chi connectivity index (χ4v) is 3.77. The fourth-order valence-electron chi connectivity index (χ4n) is 3.77. The summed E-state index contributed by atoms with van der Waals surface area (Å²) >= 11 is 0. The highest BCUT2D eigenvalue weighted by Gasteiger charge is 2.10. The zero-order valence-electron chi connectivity index (χ0n) is 18.5. The SMILES string of the molecule is CCCCCCCCCCCCCCCCOc1c(C)cc(C(=O)O)cc1C. The summed E-state index contributed by atoms with van der Waals surface area (Å²) in [5.41, 5.74) is 2.14. The van der Waals surface area contributed by atoms with E-state index in [1.54, 1.807) is 12.1 Å². The Hall–Kier alpha value is -1.51. The second-order valence-corrected chi connectivity index (χ2v) is 8.19. The van der Waals surface area contributed by atoms with E-state index in [2.05, 4.69) is 6.92 Å². The van der Waals surface area contributed by atoms with Crippen LogP contribution >= 0.6 is 0 Å². The summed E-state index contributed by atoms with van der Waals surface area (Å²) in [6.45, 7) is 6.82. The van der Waals surface area contributed by atoms with Crippen LogP contribution < -0.4 is 4.74 Å². The maximum Gasteiger partial charge on any atom is 0.335 e. The van der Waals surface area contributed by atoms with Crippen LogP contribution in [0.4, 0.5) is 0 Å². The molecule has 1 rings (SSSR count). The van der Waals surface area contributed by atoms with E-state index in [0.717, 1.165) is 23.3 Å². The van der Waals surface area contributed by atoms with Gasteiger partial charge < -0.3 is 9.84 Å². The van der Waals surface area contributed by atoms with E-state index < -0.39 is 5.97 Å². The summed E-state index contributed by atoms with van der Waals surface area (Å²) in [6, 6.07) is 3.38. The summed E-state index contributed by atoms with van der Waals surface area (Å²) in [7, 11) is 0. The van der Waals surface area contributed by atoms with Gasteiger partial charge in [-0.1, -0.05) is 90.4 Å². The fraction of sp³-hybridized carbons (Fsp3) is 0.720. The van der Waals surface area contributed by atoms with Gasteiger partial charge >= 0.3 is 5.97 Å². The van der Waals surface area contributed by atoms with Crippen LogP contribution in [-0.4, -0.2) is 17.7 Å². The van der Waals surface area contributed by atoms with Crippen LogP contribution in [0, 0.1) is 13.8 Å². The standard InChI is InChI=1S/C25H42O3/c1-4-5-6-7-8-9-10-11-12-13-14-15-16-17-18-28-24-21(2)19-23(25(26)27)20-22(24)3/h19-20H,4-18H2,1-3H3,(H,26,27). The van der Waals surface area contributed by atoms with Crippen molar-refractivity contribution < 1.29 is 14.6 Å². The van der Waals surface area contributed by atoms with Crippen LogP contribution in [0.5, 0.6) is 5.75 Å². The van der Waals surface area contributed by atoms with Gasteiger partial charge in [0, 0.05) is 0 Å². The number of ether oxygens (including phenoxy) is 1. The van der Waals surface area contributed by atoms with Gasteiger partial charge in [-0.05, 0) is 43.5 Å². The molecule has 0 aliphatic heterocycles. The zero-order valence-corrected chi connectivity index (χ0v) is 18.5. The van der Waals surface area contributed by atoms with E-state index in [1.807, 2.05) is 13.8 Å². The maximum absolute atomic E-state index is 11.1. The number of carboxylic acid groups (broad SMARTS) is 1. The second kappa shape index (κ2) is 15.4. The van der Waals surface area contributed by atoms with Gasteiger partial charge in [-0.15, -0.1) is 0 Å². The molecule has 3 nitrogen and oxygen atoms in total. The van der Waals surface area contributed by atoms with Crippen LogP contribution in [0.25, 0.3) is 0 Å². The Balaban J connectivity index is 1.98. The van der Waals surface area contributed by atoms with Gasteiger partial charge in [0.2, 0.25) is 0 Å². The van der Waals surface area contributed by atoms with Crippen LogP contribution in [0.15, 0.2) is 12.1 Å². The van der Waals surface area contributed by atoms with Gasteiger partial charge in [-0.25, -0.2) is 4.79 Å². The topological polar surface area (TPSA) is 46.5 Å². The third kappa shape index (κ3) is 10.7. The monoisotopic (exact) mass is 390 g/mol. The van der Waals surface area contributed by atoms with Crippen molar-refractivity contribution in [2.75, 3.05) is 6.61 Å². The molecule has 0 aliphatic carbocycles. The predicted molar refractivity (Wildman–Crippen MR) is 119 cm³/mol. The Kier molecular flexibility index (Phi) is 13.5. The third-order valence-electron chi connectivity index (χ3n) is 5.45. The molecule has 0 fully saturated rings. The molecule has 0 aromatic heterocycles. The van der Waals surface area contributed by atoms with Crippen molar-refractivity contribution in [3.8, 4) is 5.75 Å². The molecule has 0 heterocycles. The second-order valence-electron chi connectivity index (χ2n) is 8.19. The number of rotatable bonds is 17. The van der Waals surface area contributed by atoms with Gasteiger partial charge in [0.25, 0.3) is 0 Å². The molecule has 28 heavy (non-hydrogen) atoms. The van der Waals surface area contributed by atoms with Crippen molar-refractivity contribution in [1.82, 2.24) is 0 Å². The average molecular weight is 391 g/mol. The molecule has 160 valence electrons. The van der Waals surface area contributed by atoms with Crippen LogP contribution in [0.1, 0.15) is 118 Å². The molecule has 1 aromatic carbocycles. The lowest BCUT2D eigenvalue weighted by Crippen LogP contribution is -2.04. The third-order valence-corrected chi connectivity index (χ3v) is 5.45. The first-order valence-electron chi connectivity index (χ1n) is 11.5. The average Bonchev–Trinajstić information content (AvgIpc) is 2.66. The van der Waals surface area contributed by atoms with Crippen molar-refractivity contribution >= 4 is 5.97 Å². The summed E-state index contributed by atoms with van der Waals surface area (Å²) in [4.78, 5) is 11.1. The molecule has 1 N–H and O–H groups in total. The molecule has 0 saturated heterocycles. The lowest BCUT2D eigenvalue weighted by Gasteiger charge is -2.13.